The summed E-state index contributed by atoms with van der Waals surface area (Å²) in [6.07, 6.45) is 5.62. The number of rotatable bonds is 4. The van der Waals surface area contributed by atoms with Crippen LogP contribution in [0.25, 0.3) is 0 Å². The molecule has 1 aliphatic heterocycles. The van der Waals surface area contributed by atoms with E-state index in [9.17, 15) is 9.59 Å². The first-order chi connectivity index (χ1) is 12.6. The third kappa shape index (κ3) is 3.23. The molecule has 1 atom stereocenters. The van der Waals surface area contributed by atoms with Gasteiger partial charge in [-0.05, 0) is 55.7 Å². The molecule has 26 heavy (non-hydrogen) atoms. The van der Waals surface area contributed by atoms with Gasteiger partial charge in [0.2, 0.25) is 0 Å². The van der Waals surface area contributed by atoms with Crippen LogP contribution in [0.2, 0.25) is 0 Å². The van der Waals surface area contributed by atoms with E-state index in [1.807, 2.05) is 11.0 Å². The molecule has 4 rings (SSSR count). The first-order valence-corrected chi connectivity index (χ1v) is 9.20. The normalized spacial score (nSPS) is 19.4. The number of carbonyl (C=O) groups excluding carboxylic acids is 1. The van der Waals surface area contributed by atoms with Gasteiger partial charge in [-0.3, -0.25) is 4.79 Å². The van der Waals surface area contributed by atoms with Gasteiger partial charge in [0, 0.05) is 25.1 Å². The summed E-state index contributed by atoms with van der Waals surface area (Å²) < 4.78 is 5.37. The van der Waals surface area contributed by atoms with Crippen LogP contribution in [0.3, 0.4) is 0 Å². The molecule has 2 aliphatic rings. The van der Waals surface area contributed by atoms with E-state index in [1.165, 1.54) is 0 Å². The van der Waals surface area contributed by atoms with Crippen LogP contribution in [0.15, 0.2) is 28.8 Å². The maximum atomic E-state index is 12.8. The molecule has 0 bridgehead atoms. The van der Waals surface area contributed by atoms with Crippen LogP contribution in [0.4, 0.5) is 0 Å². The Kier molecular flexibility index (Phi) is 4.49. The Hall–Kier alpha value is -2.63. The molecule has 0 spiro atoms. The largest absolute Gasteiger partial charge is 0.478 e. The number of carboxylic acid groups (broad SMARTS) is 1. The number of hydrogen-bond acceptors (Lipinski definition) is 4. The summed E-state index contributed by atoms with van der Waals surface area (Å²) >= 11 is 0. The maximum absolute atomic E-state index is 12.8. The number of carbonyl (C=O) groups is 2. The summed E-state index contributed by atoms with van der Waals surface area (Å²) in [7, 11) is 0. The fourth-order valence-corrected chi connectivity index (χ4v) is 4.05. The second-order valence-electron chi connectivity index (χ2n) is 7.26. The Morgan fingerprint density at radius 1 is 1.27 bits per heavy atom. The monoisotopic (exact) mass is 354 g/mol. The number of aryl methyl sites for hydroxylation is 1. The van der Waals surface area contributed by atoms with E-state index in [0.717, 1.165) is 55.4 Å². The zero-order valence-electron chi connectivity index (χ0n) is 14.6. The summed E-state index contributed by atoms with van der Waals surface area (Å²) in [5, 5.41) is 13.2. The number of likely N-dealkylation sites (tertiary alicyclic amines) is 1. The van der Waals surface area contributed by atoms with Gasteiger partial charge in [0.15, 0.2) is 5.69 Å². The fraction of sp³-hybridized carbons (Fsp3) is 0.450. The highest BCUT2D eigenvalue weighted by Crippen LogP contribution is 2.28. The quantitative estimate of drug-likeness (QED) is 0.913. The standard InChI is InChI=1S/C20H22N2O4/c23-19(18-16-6-1-2-7-17(16)26-21-18)22-9-8-14(12-22)10-13-4-3-5-15(11-13)20(24)25/h3-5,11,14H,1-2,6-10,12H2,(H,24,25)/t14-/m1/s1. The third-order valence-electron chi connectivity index (χ3n) is 5.42. The molecule has 0 saturated carbocycles. The SMILES string of the molecule is O=C(O)c1cccc(C[C@H]2CCN(C(=O)c3noc4c3CCCC4)C2)c1. The zero-order chi connectivity index (χ0) is 18.1. The highest BCUT2D eigenvalue weighted by molar-refractivity contribution is 5.94. The summed E-state index contributed by atoms with van der Waals surface area (Å²) in [4.78, 5) is 25.8. The Morgan fingerprint density at radius 2 is 2.12 bits per heavy atom. The minimum Gasteiger partial charge on any atom is -0.478 e. The van der Waals surface area contributed by atoms with Gasteiger partial charge in [-0.25, -0.2) is 4.79 Å². The third-order valence-corrected chi connectivity index (χ3v) is 5.42. The van der Waals surface area contributed by atoms with Gasteiger partial charge in [-0.1, -0.05) is 17.3 Å². The number of carboxylic acids is 1. The Bertz CT molecular complexity index is 842. The van der Waals surface area contributed by atoms with E-state index in [0.29, 0.717) is 30.3 Å². The lowest BCUT2D eigenvalue weighted by Crippen LogP contribution is -2.30. The van der Waals surface area contributed by atoms with Crippen LogP contribution in [-0.2, 0) is 19.3 Å². The van der Waals surface area contributed by atoms with Crippen molar-refractivity contribution in [1.29, 1.82) is 0 Å². The number of hydrogen-bond donors (Lipinski definition) is 1. The van der Waals surface area contributed by atoms with Gasteiger partial charge < -0.3 is 14.5 Å². The lowest BCUT2D eigenvalue weighted by atomic mass is 9.96. The topological polar surface area (TPSA) is 83.6 Å². The highest BCUT2D eigenvalue weighted by Gasteiger charge is 2.32. The second kappa shape index (κ2) is 6.94. The van der Waals surface area contributed by atoms with Crippen molar-refractivity contribution in [1.82, 2.24) is 10.1 Å². The molecule has 6 heteroatoms. The van der Waals surface area contributed by atoms with Crippen molar-refractivity contribution in [3.8, 4) is 0 Å². The zero-order valence-corrected chi connectivity index (χ0v) is 14.6. The lowest BCUT2D eigenvalue weighted by molar-refractivity contribution is 0.0696. The van der Waals surface area contributed by atoms with Gasteiger partial charge in [0.25, 0.3) is 5.91 Å². The van der Waals surface area contributed by atoms with Crippen LogP contribution in [0.5, 0.6) is 0 Å². The Morgan fingerprint density at radius 3 is 2.96 bits per heavy atom. The molecule has 1 fully saturated rings. The average Bonchev–Trinajstić information content (AvgIpc) is 3.28. The lowest BCUT2D eigenvalue weighted by Gasteiger charge is -2.17. The number of fused-ring (bicyclic) bond motifs is 1. The maximum Gasteiger partial charge on any atom is 0.335 e. The number of nitrogens with zero attached hydrogens (tertiary/aromatic N) is 2. The van der Waals surface area contributed by atoms with E-state index in [2.05, 4.69) is 5.16 Å². The van der Waals surface area contributed by atoms with E-state index >= 15 is 0 Å². The van der Waals surface area contributed by atoms with E-state index in [4.69, 9.17) is 9.63 Å². The molecule has 1 aromatic carbocycles. The van der Waals surface area contributed by atoms with Crippen LogP contribution in [-0.4, -0.2) is 40.1 Å². The van der Waals surface area contributed by atoms with Crippen molar-refractivity contribution in [2.24, 2.45) is 5.92 Å². The first-order valence-electron chi connectivity index (χ1n) is 9.20. The number of amides is 1. The van der Waals surface area contributed by atoms with E-state index in [1.54, 1.807) is 18.2 Å². The Labute approximate surface area is 151 Å². The van der Waals surface area contributed by atoms with Crippen molar-refractivity contribution in [3.05, 3.63) is 52.4 Å². The second-order valence-corrected chi connectivity index (χ2v) is 7.26. The molecule has 6 nitrogen and oxygen atoms in total. The minimum absolute atomic E-state index is 0.0290. The van der Waals surface area contributed by atoms with Gasteiger partial charge in [-0.2, -0.15) is 0 Å². The molecule has 1 saturated heterocycles. The number of aromatic nitrogens is 1. The molecule has 2 aromatic rings. The van der Waals surface area contributed by atoms with Crippen LogP contribution in [0, 0.1) is 5.92 Å². The van der Waals surface area contributed by atoms with Crippen LogP contribution < -0.4 is 0 Å². The number of benzene rings is 1. The van der Waals surface area contributed by atoms with Crippen molar-refractivity contribution < 1.29 is 19.2 Å². The minimum atomic E-state index is -0.911. The smallest absolute Gasteiger partial charge is 0.335 e. The summed E-state index contributed by atoms with van der Waals surface area (Å²) in [6, 6.07) is 7.05. The van der Waals surface area contributed by atoms with Crippen LogP contribution in [0.1, 0.15) is 57.0 Å². The van der Waals surface area contributed by atoms with Crippen LogP contribution >= 0.6 is 0 Å². The van der Waals surface area contributed by atoms with Gasteiger partial charge in [-0.15, -0.1) is 0 Å². The highest BCUT2D eigenvalue weighted by atomic mass is 16.5. The van der Waals surface area contributed by atoms with Crippen molar-refractivity contribution in [2.45, 2.75) is 38.5 Å². The predicted molar refractivity (Wildman–Crippen MR) is 94.3 cm³/mol. The van der Waals surface area contributed by atoms with Crippen molar-refractivity contribution >= 4 is 11.9 Å². The summed E-state index contributed by atoms with van der Waals surface area (Å²) in [5.41, 5.74) is 2.80. The molecule has 1 amide bonds. The van der Waals surface area contributed by atoms with Gasteiger partial charge >= 0.3 is 5.97 Å². The molecule has 1 aliphatic carbocycles. The fourth-order valence-electron chi connectivity index (χ4n) is 4.05. The average molecular weight is 354 g/mol. The first kappa shape index (κ1) is 16.8. The van der Waals surface area contributed by atoms with E-state index in [-0.39, 0.29) is 5.91 Å². The Balaban J connectivity index is 1.42. The summed E-state index contributed by atoms with van der Waals surface area (Å²) in [6.45, 7) is 1.39. The van der Waals surface area contributed by atoms with Crippen molar-refractivity contribution in [3.63, 3.8) is 0 Å². The molecular formula is C20H22N2O4. The molecule has 1 N–H and O–H groups in total. The van der Waals surface area contributed by atoms with Gasteiger partial charge in [0.05, 0.1) is 5.56 Å². The molecule has 1 aromatic heterocycles. The molecular weight excluding hydrogens is 332 g/mol. The summed E-state index contributed by atoms with van der Waals surface area (Å²) in [5.74, 6) is 0.274. The predicted octanol–water partition coefficient (Wildman–Crippen LogP) is 2.96. The molecule has 0 radical (unpaired) electrons. The molecule has 136 valence electrons. The van der Waals surface area contributed by atoms with E-state index < -0.39 is 5.97 Å². The molecule has 0 unspecified atom stereocenters. The number of aromatic carboxylic acids is 1. The molecule has 2 heterocycles. The van der Waals surface area contributed by atoms with Crippen molar-refractivity contribution in [2.75, 3.05) is 13.1 Å². The van der Waals surface area contributed by atoms with Gasteiger partial charge in [0.1, 0.15) is 5.76 Å².